The minimum atomic E-state index is -0.345. The molecule has 1 heterocycles. The number of aryl methyl sites for hydroxylation is 1. The van der Waals surface area contributed by atoms with Crippen LogP contribution in [0.15, 0.2) is 36.4 Å². The lowest BCUT2D eigenvalue weighted by molar-refractivity contribution is 0.405. The average Bonchev–Trinajstić information content (AvgIpc) is 2.70. The summed E-state index contributed by atoms with van der Waals surface area (Å²) in [6.45, 7) is 0. The molecule has 4 nitrogen and oxygen atoms in total. The number of aromatic hydroxyl groups is 2. The molecule has 3 rings (SSSR count). The van der Waals surface area contributed by atoms with Crippen molar-refractivity contribution < 1.29 is 14.6 Å². The smallest absolute Gasteiger partial charge is 0.168 e. The van der Waals surface area contributed by atoms with Gasteiger partial charge in [-0.2, -0.15) is 0 Å². The Hall–Kier alpha value is -2.56. The van der Waals surface area contributed by atoms with Crippen molar-refractivity contribution in [2.45, 2.75) is 0 Å². The molecule has 2 N–H and O–H groups in total. The molecule has 19 heavy (non-hydrogen) atoms. The summed E-state index contributed by atoms with van der Waals surface area (Å²) in [5, 5.41) is 19.4. The van der Waals surface area contributed by atoms with Crippen molar-refractivity contribution in [2.75, 3.05) is 0 Å². The second-order valence-corrected chi connectivity index (χ2v) is 4.30. The summed E-state index contributed by atoms with van der Waals surface area (Å²) in [6.07, 6.45) is 0. The largest absolute Gasteiger partial charge is 0.504 e. The lowest BCUT2D eigenvalue weighted by Crippen LogP contribution is -1.93. The Morgan fingerprint density at radius 1 is 1.16 bits per heavy atom. The summed E-state index contributed by atoms with van der Waals surface area (Å²) >= 11 is 0. The number of aromatic nitrogens is 2. The van der Waals surface area contributed by atoms with E-state index in [9.17, 15) is 14.6 Å². The molecule has 0 aliphatic heterocycles. The topological polar surface area (TPSA) is 58.3 Å². The summed E-state index contributed by atoms with van der Waals surface area (Å²) in [7, 11) is 1.73. The fraction of sp³-hybridized carbons (Fsp3) is 0.0714. The molecule has 0 fully saturated rings. The predicted octanol–water partition coefficient (Wildman–Crippen LogP) is 2.79. The van der Waals surface area contributed by atoms with Gasteiger partial charge in [0.25, 0.3) is 0 Å². The van der Waals surface area contributed by atoms with Crippen LogP contribution in [-0.4, -0.2) is 19.8 Å². The van der Waals surface area contributed by atoms with Gasteiger partial charge in [0.15, 0.2) is 11.5 Å². The van der Waals surface area contributed by atoms with Gasteiger partial charge in [0.1, 0.15) is 11.6 Å². The minimum Gasteiger partial charge on any atom is -0.504 e. The Morgan fingerprint density at radius 2 is 1.95 bits per heavy atom. The molecule has 3 aromatic rings. The number of fused-ring (bicyclic) bond motifs is 1. The first-order valence-corrected chi connectivity index (χ1v) is 5.71. The van der Waals surface area contributed by atoms with Crippen molar-refractivity contribution in [3.05, 3.63) is 42.2 Å². The van der Waals surface area contributed by atoms with E-state index in [0.29, 0.717) is 22.4 Å². The zero-order valence-electron chi connectivity index (χ0n) is 10.1. The molecule has 0 atom stereocenters. The SMILES string of the molecule is Cn1c(-c2cccc(O)c2O)nc2ccc(F)cc21. The van der Waals surface area contributed by atoms with Crippen LogP contribution in [0.5, 0.6) is 11.5 Å². The van der Waals surface area contributed by atoms with Gasteiger partial charge in [-0.3, -0.25) is 0 Å². The van der Waals surface area contributed by atoms with E-state index < -0.39 is 0 Å². The number of rotatable bonds is 1. The van der Waals surface area contributed by atoms with Gasteiger partial charge in [-0.1, -0.05) is 6.07 Å². The van der Waals surface area contributed by atoms with E-state index >= 15 is 0 Å². The molecule has 0 amide bonds. The first kappa shape index (κ1) is 11.5. The standard InChI is InChI=1S/C14H11FN2O2/c1-17-11-7-8(15)5-6-10(11)16-14(17)9-3-2-4-12(18)13(9)19/h2-7,18-19H,1H3. The first-order valence-electron chi connectivity index (χ1n) is 5.71. The Kier molecular flexibility index (Phi) is 2.41. The third-order valence-corrected chi connectivity index (χ3v) is 3.10. The second-order valence-electron chi connectivity index (χ2n) is 4.30. The van der Waals surface area contributed by atoms with E-state index in [-0.39, 0.29) is 17.3 Å². The number of hydrogen-bond acceptors (Lipinski definition) is 3. The Bertz CT molecular complexity index is 780. The van der Waals surface area contributed by atoms with E-state index in [0.717, 1.165) is 0 Å². The van der Waals surface area contributed by atoms with Crippen molar-refractivity contribution in [3.63, 3.8) is 0 Å². The van der Waals surface area contributed by atoms with Gasteiger partial charge in [-0.05, 0) is 30.3 Å². The summed E-state index contributed by atoms with van der Waals surface area (Å²) in [4.78, 5) is 4.35. The minimum absolute atomic E-state index is 0.212. The second kappa shape index (κ2) is 3.98. The molecule has 0 bridgehead atoms. The molecule has 2 aromatic carbocycles. The number of phenols is 2. The van der Waals surface area contributed by atoms with Crippen molar-refractivity contribution in [2.24, 2.45) is 7.05 Å². The van der Waals surface area contributed by atoms with Crippen molar-refractivity contribution in [1.29, 1.82) is 0 Å². The van der Waals surface area contributed by atoms with Gasteiger partial charge >= 0.3 is 0 Å². The molecule has 0 radical (unpaired) electrons. The normalized spacial score (nSPS) is 11.1. The molecule has 96 valence electrons. The maximum absolute atomic E-state index is 13.2. The Morgan fingerprint density at radius 3 is 2.74 bits per heavy atom. The Balaban J connectivity index is 2.31. The highest BCUT2D eigenvalue weighted by Crippen LogP contribution is 2.36. The molecule has 0 saturated heterocycles. The highest BCUT2D eigenvalue weighted by atomic mass is 19.1. The summed E-state index contributed by atoms with van der Waals surface area (Å²) in [6, 6.07) is 8.94. The lowest BCUT2D eigenvalue weighted by Gasteiger charge is -2.06. The van der Waals surface area contributed by atoms with Gasteiger partial charge in [-0.15, -0.1) is 0 Å². The molecule has 0 spiro atoms. The van der Waals surface area contributed by atoms with Crippen LogP contribution in [0, 0.1) is 5.82 Å². The first-order chi connectivity index (χ1) is 9.08. The van der Waals surface area contributed by atoms with Crippen molar-refractivity contribution >= 4 is 11.0 Å². The number of hydrogen-bond donors (Lipinski definition) is 2. The van der Waals surface area contributed by atoms with Crippen LogP contribution in [0.25, 0.3) is 22.4 Å². The summed E-state index contributed by atoms with van der Waals surface area (Å²) in [5.74, 6) is -0.326. The van der Waals surface area contributed by atoms with Crippen molar-refractivity contribution in [3.8, 4) is 22.9 Å². The van der Waals surface area contributed by atoms with E-state index in [4.69, 9.17) is 0 Å². The van der Waals surface area contributed by atoms with Gasteiger partial charge in [-0.25, -0.2) is 9.37 Å². The van der Waals surface area contributed by atoms with Gasteiger partial charge in [0, 0.05) is 7.05 Å². The van der Waals surface area contributed by atoms with Crippen LogP contribution in [0.2, 0.25) is 0 Å². The molecule has 1 aromatic heterocycles. The number of benzene rings is 2. The predicted molar refractivity (Wildman–Crippen MR) is 69.4 cm³/mol. The van der Waals surface area contributed by atoms with Gasteiger partial charge < -0.3 is 14.8 Å². The maximum atomic E-state index is 13.2. The number of para-hydroxylation sites is 1. The molecule has 0 aliphatic rings. The maximum Gasteiger partial charge on any atom is 0.168 e. The lowest BCUT2D eigenvalue weighted by atomic mass is 10.2. The quantitative estimate of drug-likeness (QED) is 0.660. The van der Waals surface area contributed by atoms with E-state index in [1.807, 2.05) is 0 Å². The highest BCUT2D eigenvalue weighted by molar-refractivity contribution is 5.82. The third kappa shape index (κ3) is 1.71. The van der Waals surface area contributed by atoms with Crippen LogP contribution in [0.3, 0.4) is 0 Å². The Labute approximate surface area is 108 Å². The van der Waals surface area contributed by atoms with Crippen LogP contribution < -0.4 is 0 Å². The molecule has 5 heteroatoms. The molecule has 0 saturated carbocycles. The van der Waals surface area contributed by atoms with E-state index in [2.05, 4.69) is 4.98 Å². The van der Waals surface area contributed by atoms with Crippen LogP contribution in [0.4, 0.5) is 4.39 Å². The van der Waals surface area contributed by atoms with Crippen molar-refractivity contribution in [1.82, 2.24) is 9.55 Å². The number of nitrogens with zero attached hydrogens (tertiary/aromatic N) is 2. The molecular formula is C14H11FN2O2. The highest BCUT2D eigenvalue weighted by Gasteiger charge is 2.15. The monoisotopic (exact) mass is 258 g/mol. The number of phenolic OH excluding ortho intramolecular Hbond substituents is 2. The van der Waals surface area contributed by atoms with Gasteiger partial charge in [0.2, 0.25) is 0 Å². The third-order valence-electron chi connectivity index (χ3n) is 3.10. The zero-order chi connectivity index (χ0) is 13.6. The summed E-state index contributed by atoms with van der Waals surface area (Å²) in [5.41, 5.74) is 1.65. The van der Waals surface area contributed by atoms with Crippen LogP contribution in [-0.2, 0) is 7.05 Å². The molecular weight excluding hydrogens is 247 g/mol. The fourth-order valence-electron chi connectivity index (χ4n) is 2.12. The van der Waals surface area contributed by atoms with E-state index in [1.165, 1.54) is 18.2 Å². The van der Waals surface area contributed by atoms with E-state index in [1.54, 1.807) is 29.8 Å². The number of halogens is 1. The fourth-order valence-corrected chi connectivity index (χ4v) is 2.12. The van der Waals surface area contributed by atoms with Crippen LogP contribution >= 0.6 is 0 Å². The van der Waals surface area contributed by atoms with Crippen LogP contribution in [0.1, 0.15) is 0 Å². The summed E-state index contributed by atoms with van der Waals surface area (Å²) < 4.78 is 14.9. The molecule has 0 unspecified atom stereocenters. The number of imidazole rings is 1. The average molecular weight is 258 g/mol. The van der Waals surface area contributed by atoms with Gasteiger partial charge in [0.05, 0.1) is 16.6 Å². The molecule has 0 aliphatic carbocycles. The zero-order valence-corrected chi connectivity index (χ0v) is 10.1.